The van der Waals surface area contributed by atoms with E-state index >= 15 is 0 Å². The smallest absolute Gasteiger partial charge is 0.317 e. The number of carbonyl (C=O) groups is 2. The first kappa shape index (κ1) is 25.1. The number of sulfone groups is 1. The van der Waals surface area contributed by atoms with Crippen molar-refractivity contribution < 1.29 is 18.0 Å². The summed E-state index contributed by atoms with van der Waals surface area (Å²) < 4.78 is 25.2. The topological polar surface area (TPSA) is 108 Å². The number of likely N-dealkylation sites (tertiary alicyclic amines) is 1. The van der Waals surface area contributed by atoms with Crippen molar-refractivity contribution >= 4 is 28.5 Å². The molecular formula is C22H36N4O4S. The minimum Gasteiger partial charge on any atom is -0.354 e. The maximum absolute atomic E-state index is 12.8. The quantitative estimate of drug-likeness (QED) is 0.254. The van der Waals surface area contributed by atoms with Crippen LogP contribution < -0.4 is 10.6 Å². The van der Waals surface area contributed by atoms with Crippen molar-refractivity contribution in [3.8, 4) is 0 Å². The van der Waals surface area contributed by atoms with Crippen LogP contribution in [-0.4, -0.2) is 70.5 Å². The van der Waals surface area contributed by atoms with E-state index in [2.05, 4.69) is 28.9 Å². The number of hydrogen-bond acceptors (Lipinski definition) is 5. The van der Waals surface area contributed by atoms with E-state index in [1.54, 1.807) is 18.0 Å². The molecule has 9 heteroatoms. The van der Waals surface area contributed by atoms with Crippen molar-refractivity contribution in [2.75, 3.05) is 33.2 Å². The predicted octanol–water partition coefficient (Wildman–Crippen LogP) is 2.29. The molecule has 2 rings (SSSR count). The van der Waals surface area contributed by atoms with Crippen LogP contribution in [0.1, 0.15) is 44.9 Å². The summed E-state index contributed by atoms with van der Waals surface area (Å²) in [4.78, 5) is 30.6. The van der Waals surface area contributed by atoms with Crippen LogP contribution in [-0.2, 0) is 14.6 Å². The summed E-state index contributed by atoms with van der Waals surface area (Å²) in [5.74, 6) is -0.0154. The van der Waals surface area contributed by atoms with Gasteiger partial charge in [0.2, 0.25) is 5.91 Å². The van der Waals surface area contributed by atoms with E-state index in [9.17, 15) is 18.0 Å². The van der Waals surface area contributed by atoms with Crippen molar-refractivity contribution in [1.29, 1.82) is 0 Å². The van der Waals surface area contributed by atoms with Crippen molar-refractivity contribution in [2.45, 2.75) is 50.2 Å². The van der Waals surface area contributed by atoms with Gasteiger partial charge in [0.25, 0.3) is 0 Å². The fourth-order valence-corrected chi connectivity index (χ4v) is 6.00. The molecule has 2 N–H and O–H groups in total. The number of rotatable bonds is 13. The number of amides is 3. The highest BCUT2D eigenvalue weighted by molar-refractivity contribution is 7.96. The number of urea groups is 1. The van der Waals surface area contributed by atoms with Crippen molar-refractivity contribution in [3.63, 3.8) is 0 Å². The third-order valence-corrected chi connectivity index (χ3v) is 8.37. The van der Waals surface area contributed by atoms with E-state index in [1.807, 2.05) is 0 Å². The zero-order chi connectivity index (χ0) is 22.9. The molecule has 0 aromatic rings. The SMILES string of the molecule is C=C/C=C(\CCC[C@@H](C[C@H]1CCN(C(=O)NC)C1)C(=O)NCCN=C)S(=O)(=O)C1CC1. The molecule has 1 saturated carbocycles. The average molecular weight is 453 g/mol. The monoisotopic (exact) mass is 452 g/mol. The molecule has 3 amide bonds. The maximum atomic E-state index is 12.8. The Kier molecular flexibility index (Phi) is 9.74. The molecule has 2 fully saturated rings. The molecule has 8 nitrogen and oxygen atoms in total. The van der Waals surface area contributed by atoms with E-state index in [0.717, 1.165) is 19.3 Å². The van der Waals surface area contributed by atoms with Crippen LogP contribution in [0, 0.1) is 11.8 Å². The molecule has 0 aromatic heterocycles. The molecule has 1 saturated heterocycles. The summed E-state index contributed by atoms with van der Waals surface area (Å²) in [5, 5.41) is 5.30. The summed E-state index contributed by atoms with van der Waals surface area (Å²) >= 11 is 0. The highest BCUT2D eigenvalue weighted by atomic mass is 32.2. The van der Waals surface area contributed by atoms with Gasteiger partial charge in [0.1, 0.15) is 0 Å². The zero-order valence-corrected chi connectivity index (χ0v) is 19.3. The van der Waals surface area contributed by atoms with Crippen LogP contribution in [0.25, 0.3) is 0 Å². The Labute approximate surface area is 186 Å². The van der Waals surface area contributed by atoms with E-state index in [0.29, 0.717) is 56.8 Å². The third-order valence-electron chi connectivity index (χ3n) is 5.95. The van der Waals surface area contributed by atoms with E-state index in [1.165, 1.54) is 6.08 Å². The van der Waals surface area contributed by atoms with E-state index in [4.69, 9.17) is 0 Å². The summed E-state index contributed by atoms with van der Waals surface area (Å²) in [6.07, 6.45) is 7.72. The van der Waals surface area contributed by atoms with Crippen LogP contribution in [0.3, 0.4) is 0 Å². The lowest BCUT2D eigenvalue weighted by Gasteiger charge is -2.21. The summed E-state index contributed by atoms with van der Waals surface area (Å²) in [6.45, 7) is 9.29. The first-order valence-corrected chi connectivity index (χ1v) is 12.6. The molecule has 174 valence electrons. The minimum absolute atomic E-state index is 0.0404. The number of nitrogens with one attached hydrogen (secondary N) is 2. The van der Waals surface area contributed by atoms with Gasteiger partial charge in [-0.25, -0.2) is 13.2 Å². The van der Waals surface area contributed by atoms with Gasteiger partial charge in [-0.15, -0.1) is 0 Å². The largest absolute Gasteiger partial charge is 0.354 e. The van der Waals surface area contributed by atoms with Crippen molar-refractivity contribution in [1.82, 2.24) is 15.5 Å². The van der Waals surface area contributed by atoms with E-state index < -0.39 is 9.84 Å². The molecule has 0 unspecified atom stereocenters. The Bertz CT molecular complexity index is 789. The lowest BCUT2D eigenvalue weighted by atomic mass is 9.89. The number of carbonyl (C=O) groups excluding carboxylic acids is 2. The molecule has 1 heterocycles. The standard InChI is InChI=1S/C22H36N4O4S/c1-4-6-19(31(29,30)20-9-10-20)8-5-7-18(21(27)25-13-12-23-2)15-17-11-14-26(16-17)22(28)24-3/h4,6,17-18,20H,1-2,5,7-16H2,3H3,(H,24,28)(H,25,27)/b19-6+/t17-,18+/m1/s1. The van der Waals surface area contributed by atoms with Crippen molar-refractivity contribution in [3.05, 3.63) is 23.6 Å². The molecular weight excluding hydrogens is 416 g/mol. The normalized spacial score (nSPS) is 20.2. The van der Waals surface area contributed by atoms with Gasteiger partial charge in [-0.3, -0.25) is 9.79 Å². The highest BCUT2D eigenvalue weighted by Crippen LogP contribution is 2.35. The van der Waals surface area contributed by atoms with Crippen LogP contribution in [0.15, 0.2) is 28.6 Å². The Morgan fingerprint density at radius 3 is 2.65 bits per heavy atom. The molecule has 1 aliphatic carbocycles. The zero-order valence-electron chi connectivity index (χ0n) is 18.5. The van der Waals surface area contributed by atoms with Gasteiger partial charge >= 0.3 is 6.03 Å². The molecule has 1 aliphatic heterocycles. The second-order valence-electron chi connectivity index (χ2n) is 8.33. The van der Waals surface area contributed by atoms with Gasteiger partial charge in [-0.05, 0) is 63.7 Å². The average Bonchev–Trinajstić information content (AvgIpc) is 3.52. The first-order valence-electron chi connectivity index (χ1n) is 11.1. The predicted molar refractivity (Wildman–Crippen MR) is 124 cm³/mol. The number of hydrogen-bond donors (Lipinski definition) is 2. The van der Waals surface area contributed by atoms with Gasteiger partial charge in [0.05, 0.1) is 11.8 Å². The lowest BCUT2D eigenvalue weighted by Crippen LogP contribution is -2.37. The Morgan fingerprint density at radius 1 is 1.29 bits per heavy atom. The summed E-state index contributed by atoms with van der Waals surface area (Å²) in [6, 6.07) is -0.0926. The number of nitrogens with zero attached hydrogens (tertiary/aromatic N) is 2. The van der Waals surface area contributed by atoms with Crippen LogP contribution in [0.2, 0.25) is 0 Å². The molecule has 0 bridgehead atoms. The minimum atomic E-state index is -3.25. The van der Waals surface area contributed by atoms with Crippen molar-refractivity contribution in [2.24, 2.45) is 16.8 Å². The summed E-state index contributed by atoms with van der Waals surface area (Å²) in [7, 11) is -1.63. The number of aliphatic imine (C=N–C) groups is 1. The van der Waals surface area contributed by atoms with Crippen LogP contribution in [0.4, 0.5) is 4.79 Å². The van der Waals surface area contributed by atoms with Crippen LogP contribution >= 0.6 is 0 Å². The second kappa shape index (κ2) is 12.0. The Hall–Kier alpha value is -2.16. The van der Waals surface area contributed by atoms with E-state index in [-0.39, 0.29) is 29.0 Å². The maximum Gasteiger partial charge on any atom is 0.317 e. The van der Waals surface area contributed by atoms with Gasteiger partial charge in [0.15, 0.2) is 9.84 Å². The molecule has 0 spiro atoms. The van der Waals surface area contributed by atoms with Gasteiger partial charge in [-0.2, -0.15) is 0 Å². The first-order chi connectivity index (χ1) is 14.8. The third kappa shape index (κ3) is 7.48. The fraction of sp³-hybridized carbons (Fsp3) is 0.682. The molecule has 2 atom stereocenters. The van der Waals surface area contributed by atoms with Gasteiger partial charge in [-0.1, -0.05) is 12.7 Å². The highest BCUT2D eigenvalue weighted by Gasteiger charge is 2.38. The summed E-state index contributed by atoms with van der Waals surface area (Å²) in [5.41, 5.74) is 0. The Balaban J connectivity index is 1.97. The Morgan fingerprint density at radius 2 is 2.03 bits per heavy atom. The van der Waals surface area contributed by atoms with Crippen LogP contribution in [0.5, 0.6) is 0 Å². The van der Waals surface area contributed by atoms with Gasteiger partial charge < -0.3 is 15.5 Å². The molecule has 31 heavy (non-hydrogen) atoms. The second-order valence-corrected chi connectivity index (χ2v) is 10.6. The van der Waals surface area contributed by atoms with Gasteiger partial charge in [0, 0.05) is 37.5 Å². The molecule has 2 aliphatic rings. The lowest BCUT2D eigenvalue weighted by molar-refractivity contribution is -0.125. The molecule has 0 radical (unpaired) electrons. The molecule has 0 aromatic carbocycles. The fourth-order valence-electron chi connectivity index (χ4n) is 4.10. The number of allylic oxidation sites excluding steroid dienone is 3.